The minimum Gasteiger partial charge on any atom is -0.493 e. The van der Waals surface area contributed by atoms with Gasteiger partial charge < -0.3 is 10.5 Å². The number of ether oxygens (including phenoxy) is 1. The fraction of sp³-hybridized carbons (Fsp3) is 0.500. The fourth-order valence-electron chi connectivity index (χ4n) is 1.33. The van der Waals surface area contributed by atoms with Gasteiger partial charge in [-0.05, 0) is 50.4 Å². The van der Waals surface area contributed by atoms with Crippen LogP contribution in [0, 0.1) is 6.92 Å². The van der Waals surface area contributed by atoms with E-state index in [9.17, 15) is 0 Å². The van der Waals surface area contributed by atoms with Crippen molar-refractivity contribution in [1.29, 1.82) is 0 Å². The summed E-state index contributed by atoms with van der Waals surface area (Å²) in [4.78, 5) is 0. The van der Waals surface area contributed by atoms with Gasteiger partial charge in [0.15, 0.2) is 0 Å². The van der Waals surface area contributed by atoms with E-state index in [0.717, 1.165) is 42.6 Å². The molecule has 2 nitrogen and oxygen atoms in total. The molecular formula is C12H18BrNO. The Balaban J connectivity index is 2.33. The molecule has 0 aliphatic rings. The van der Waals surface area contributed by atoms with Gasteiger partial charge in [-0.25, -0.2) is 0 Å². The first-order valence-electron chi connectivity index (χ1n) is 5.33. The predicted octanol–water partition coefficient (Wildman–Crippen LogP) is 3.27. The smallest absolute Gasteiger partial charge is 0.123 e. The van der Waals surface area contributed by atoms with Crippen LogP contribution in [0.1, 0.15) is 24.8 Å². The molecule has 2 N–H and O–H groups in total. The maximum Gasteiger partial charge on any atom is 0.123 e. The summed E-state index contributed by atoms with van der Waals surface area (Å²) in [5.74, 6) is 0.970. The molecule has 0 fully saturated rings. The Morgan fingerprint density at radius 2 is 2.07 bits per heavy atom. The highest BCUT2D eigenvalue weighted by molar-refractivity contribution is 9.10. The summed E-state index contributed by atoms with van der Waals surface area (Å²) in [7, 11) is 0. The quantitative estimate of drug-likeness (QED) is 0.807. The average molecular weight is 272 g/mol. The summed E-state index contributed by atoms with van der Waals surface area (Å²) >= 11 is 3.43. The van der Waals surface area contributed by atoms with Gasteiger partial charge in [0.1, 0.15) is 5.75 Å². The van der Waals surface area contributed by atoms with E-state index in [1.807, 2.05) is 12.1 Å². The second kappa shape index (κ2) is 6.85. The molecule has 0 saturated heterocycles. The Morgan fingerprint density at radius 1 is 1.27 bits per heavy atom. The summed E-state index contributed by atoms with van der Waals surface area (Å²) in [6.45, 7) is 3.61. The largest absolute Gasteiger partial charge is 0.493 e. The van der Waals surface area contributed by atoms with Crippen molar-refractivity contribution in [3.05, 3.63) is 28.2 Å². The van der Waals surface area contributed by atoms with Gasteiger partial charge in [0, 0.05) is 4.47 Å². The van der Waals surface area contributed by atoms with E-state index in [2.05, 4.69) is 28.9 Å². The van der Waals surface area contributed by atoms with Crippen molar-refractivity contribution in [2.45, 2.75) is 26.2 Å². The third-order valence-corrected chi connectivity index (χ3v) is 2.75. The molecule has 15 heavy (non-hydrogen) atoms. The van der Waals surface area contributed by atoms with Crippen LogP contribution in [0.15, 0.2) is 22.7 Å². The maximum absolute atomic E-state index is 5.69. The molecule has 1 aromatic rings. The number of hydrogen-bond donors (Lipinski definition) is 1. The van der Waals surface area contributed by atoms with Crippen LogP contribution < -0.4 is 10.5 Å². The summed E-state index contributed by atoms with van der Waals surface area (Å²) in [5.41, 5.74) is 6.60. The van der Waals surface area contributed by atoms with E-state index in [1.165, 1.54) is 5.56 Å². The Morgan fingerprint density at radius 3 is 2.80 bits per heavy atom. The second-order valence-electron chi connectivity index (χ2n) is 3.61. The number of nitrogens with two attached hydrogens (primary N) is 1. The lowest BCUT2D eigenvalue weighted by Gasteiger charge is -2.09. The number of halogens is 1. The molecule has 0 bridgehead atoms. The first-order chi connectivity index (χ1) is 7.24. The monoisotopic (exact) mass is 271 g/mol. The molecule has 0 heterocycles. The van der Waals surface area contributed by atoms with Crippen LogP contribution >= 0.6 is 15.9 Å². The molecule has 0 aliphatic heterocycles. The number of aryl methyl sites for hydroxylation is 1. The number of rotatable bonds is 6. The summed E-state index contributed by atoms with van der Waals surface area (Å²) < 4.78 is 6.75. The van der Waals surface area contributed by atoms with Crippen LogP contribution in [0.4, 0.5) is 0 Å². The normalized spacial score (nSPS) is 10.3. The molecule has 0 aliphatic carbocycles. The fourth-order valence-corrected chi connectivity index (χ4v) is 1.67. The first kappa shape index (κ1) is 12.5. The Hall–Kier alpha value is -0.540. The van der Waals surface area contributed by atoms with Crippen LogP contribution in [0.3, 0.4) is 0 Å². The zero-order chi connectivity index (χ0) is 11.1. The third-order valence-electron chi connectivity index (χ3n) is 2.26. The van der Waals surface area contributed by atoms with Crippen molar-refractivity contribution in [3.63, 3.8) is 0 Å². The third kappa shape index (κ3) is 4.67. The van der Waals surface area contributed by atoms with E-state index in [0.29, 0.717) is 0 Å². The second-order valence-corrected chi connectivity index (χ2v) is 4.52. The molecule has 1 rings (SSSR count). The molecule has 84 valence electrons. The van der Waals surface area contributed by atoms with E-state index in [1.54, 1.807) is 0 Å². The Kier molecular flexibility index (Phi) is 5.73. The highest BCUT2D eigenvalue weighted by atomic mass is 79.9. The molecule has 3 heteroatoms. The Bertz CT molecular complexity index is 302. The average Bonchev–Trinajstić information content (AvgIpc) is 2.23. The van der Waals surface area contributed by atoms with Crippen molar-refractivity contribution >= 4 is 15.9 Å². The highest BCUT2D eigenvalue weighted by Gasteiger charge is 1.99. The van der Waals surface area contributed by atoms with Gasteiger partial charge in [-0.1, -0.05) is 22.0 Å². The van der Waals surface area contributed by atoms with Gasteiger partial charge in [-0.3, -0.25) is 0 Å². The number of benzene rings is 1. The van der Waals surface area contributed by atoms with Crippen LogP contribution in [-0.4, -0.2) is 13.2 Å². The van der Waals surface area contributed by atoms with Crippen LogP contribution in [0.5, 0.6) is 5.75 Å². The molecular weight excluding hydrogens is 254 g/mol. The minimum absolute atomic E-state index is 0.774. The van der Waals surface area contributed by atoms with Crippen molar-refractivity contribution in [2.75, 3.05) is 13.2 Å². The van der Waals surface area contributed by atoms with Gasteiger partial charge in [0.2, 0.25) is 0 Å². The van der Waals surface area contributed by atoms with Crippen LogP contribution in [-0.2, 0) is 0 Å². The molecule has 0 spiro atoms. The summed E-state index contributed by atoms with van der Waals surface area (Å²) in [6.07, 6.45) is 3.30. The molecule has 0 aromatic heterocycles. The maximum atomic E-state index is 5.69. The zero-order valence-corrected chi connectivity index (χ0v) is 10.7. The van der Waals surface area contributed by atoms with Crippen molar-refractivity contribution in [1.82, 2.24) is 0 Å². The SMILES string of the molecule is Cc1ccc(Br)cc1OCCCCCN. The van der Waals surface area contributed by atoms with E-state index < -0.39 is 0 Å². The van der Waals surface area contributed by atoms with Crippen LogP contribution in [0.25, 0.3) is 0 Å². The van der Waals surface area contributed by atoms with Gasteiger partial charge in [0.05, 0.1) is 6.61 Å². The predicted molar refractivity (Wildman–Crippen MR) is 67.3 cm³/mol. The lowest BCUT2D eigenvalue weighted by Crippen LogP contribution is -2.02. The standard InChI is InChI=1S/C12H18BrNO/c1-10-5-6-11(13)9-12(10)15-8-4-2-3-7-14/h5-6,9H,2-4,7-8,14H2,1H3. The molecule has 0 atom stereocenters. The lowest BCUT2D eigenvalue weighted by atomic mass is 10.2. The first-order valence-corrected chi connectivity index (χ1v) is 6.12. The Labute approximate surface area is 99.9 Å². The molecule has 0 radical (unpaired) electrons. The summed E-state index contributed by atoms with van der Waals surface area (Å²) in [6, 6.07) is 6.09. The molecule has 1 aromatic carbocycles. The molecule has 0 saturated carbocycles. The molecule has 0 unspecified atom stereocenters. The van der Waals surface area contributed by atoms with E-state index in [-0.39, 0.29) is 0 Å². The van der Waals surface area contributed by atoms with Gasteiger partial charge in [0.25, 0.3) is 0 Å². The van der Waals surface area contributed by atoms with Crippen molar-refractivity contribution < 1.29 is 4.74 Å². The van der Waals surface area contributed by atoms with Crippen molar-refractivity contribution in [3.8, 4) is 5.75 Å². The van der Waals surface area contributed by atoms with Gasteiger partial charge in [-0.2, -0.15) is 0 Å². The number of unbranched alkanes of at least 4 members (excludes halogenated alkanes) is 2. The molecule has 0 amide bonds. The minimum atomic E-state index is 0.774. The van der Waals surface area contributed by atoms with Crippen LogP contribution in [0.2, 0.25) is 0 Å². The summed E-state index contributed by atoms with van der Waals surface area (Å²) in [5, 5.41) is 0. The zero-order valence-electron chi connectivity index (χ0n) is 9.13. The van der Waals surface area contributed by atoms with E-state index >= 15 is 0 Å². The topological polar surface area (TPSA) is 35.2 Å². The van der Waals surface area contributed by atoms with Gasteiger partial charge >= 0.3 is 0 Å². The lowest BCUT2D eigenvalue weighted by molar-refractivity contribution is 0.303. The van der Waals surface area contributed by atoms with Gasteiger partial charge in [-0.15, -0.1) is 0 Å². The number of hydrogen-bond acceptors (Lipinski definition) is 2. The highest BCUT2D eigenvalue weighted by Crippen LogP contribution is 2.22. The van der Waals surface area contributed by atoms with E-state index in [4.69, 9.17) is 10.5 Å². The van der Waals surface area contributed by atoms with Crippen molar-refractivity contribution in [2.24, 2.45) is 5.73 Å².